The second kappa shape index (κ2) is 12.0. The molecule has 0 saturated carbocycles. The van der Waals surface area contributed by atoms with E-state index in [-0.39, 0.29) is 12.5 Å². The number of ether oxygens (including phenoxy) is 2. The van der Waals surface area contributed by atoms with E-state index in [1.807, 2.05) is 78.9 Å². The Bertz CT molecular complexity index is 1230. The van der Waals surface area contributed by atoms with E-state index in [1.54, 1.807) is 24.0 Å². The predicted molar refractivity (Wildman–Crippen MR) is 139 cm³/mol. The van der Waals surface area contributed by atoms with E-state index < -0.39 is 5.97 Å². The number of carbonyl (C=O) groups excluding carboxylic acids is 2. The molecule has 1 aliphatic heterocycles. The fourth-order valence-electron chi connectivity index (χ4n) is 3.49. The maximum atomic E-state index is 13.4. The molecule has 7 heteroatoms. The molecular formula is C28H26N2O4S. The van der Waals surface area contributed by atoms with Gasteiger partial charge >= 0.3 is 5.97 Å². The highest BCUT2D eigenvalue weighted by Crippen LogP contribution is 2.35. The molecule has 1 fully saturated rings. The summed E-state index contributed by atoms with van der Waals surface area (Å²) in [6, 6.07) is 27.1. The first kappa shape index (κ1) is 24.3. The van der Waals surface area contributed by atoms with Crippen LogP contribution in [0.5, 0.6) is 5.75 Å². The highest BCUT2D eigenvalue weighted by Gasteiger charge is 2.33. The van der Waals surface area contributed by atoms with Crippen LogP contribution in [0.1, 0.15) is 23.6 Å². The first-order chi connectivity index (χ1) is 17.1. The third kappa shape index (κ3) is 6.61. The molecule has 0 unspecified atom stereocenters. The van der Waals surface area contributed by atoms with Crippen molar-refractivity contribution in [1.29, 1.82) is 0 Å². The van der Waals surface area contributed by atoms with Crippen molar-refractivity contribution in [2.75, 3.05) is 13.2 Å². The Morgan fingerprint density at radius 2 is 1.60 bits per heavy atom. The molecule has 1 heterocycles. The summed E-state index contributed by atoms with van der Waals surface area (Å²) in [7, 11) is 0. The van der Waals surface area contributed by atoms with Gasteiger partial charge in [0.1, 0.15) is 5.75 Å². The van der Waals surface area contributed by atoms with Crippen molar-refractivity contribution in [3.8, 4) is 5.75 Å². The Labute approximate surface area is 209 Å². The van der Waals surface area contributed by atoms with Crippen molar-refractivity contribution in [1.82, 2.24) is 4.90 Å². The SMILES string of the molecule is CCOC(=O)COc1ccccc1/C=C1\SC(=NCc2ccccc2)N(Cc2ccccc2)C1=O. The summed E-state index contributed by atoms with van der Waals surface area (Å²) in [5.74, 6) is -0.0535. The molecule has 3 aromatic rings. The minimum absolute atomic E-state index is 0.120. The van der Waals surface area contributed by atoms with E-state index in [9.17, 15) is 9.59 Å². The summed E-state index contributed by atoms with van der Waals surface area (Å²) in [5.41, 5.74) is 2.80. The Hall–Kier alpha value is -3.84. The molecule has 0 atom stereocenters. The molecule has 0 N–H and O–H groups in total. The van der Waals surface area contributed by atoms with Gasteiger partial charge < -0.3 is 9.47 Å². The largest absolute Gasteiger partial charge is 0.481 e. The van der Waals surface area contributed by atoms with Gasteiger partial charge in [-0.25, -0.2) is 4.79 Å². The van der Waals surface area contributed by atoms with E-state index in [0.717, 1.165) is 11.1 Å². The van der Waals surface area contributed by atoms with Gasteiger partial charge in [0.15, 0.2) is 11.8 Å². The van der Waals surface area contributed by atoms with Crippen molar-refractivity contribution in [3.63, 3.8) is 0 Å². The van der Waals surface area contributed by atoms with Crippen LogP contribution in [0, 0.1) is 0 Å². The standard InChI is InChI=1S/C28H26N2O4S/c1-2-33-26(31)20-34-24-16-10-9-15-23(24)17-25-27(32)30(19-22-13-7-4-8-14-22)28(35-25)29-18-21-11-5-3-6-12-21/h3-17H,2,18-20H2,1H3/b25-17-,29-28?. The van der Waals surface area contributed by atoms with Crippen molar-refractivity contribution < 1.29 is 19.1 Å². The molecule has 0 aromatic heterocycles. The van der Waals surface area contributed by atoms with E-state index in [0.29, 0.717) is 41.1 Å². The van der Waals surface area contributed by atoms with E-state index in [1.165, 1.54) is 11.8 Å². The third-order valence-corrected chi connectivity index (χ3v) is 6.21. The third-order valence-electron chi connectivity index (χ3n) is 5.17. The van der Waals surface area contributed by atoms with Gasteiger partial charge in [-0.05, 0) is 42.0 Å². The topological polar surface area (TPSA) is 68.2 Å². The van der Waals surface area contributed by atoms with Gasteiger partial charge in [0, 0.05) is 5.56 Å². The predicted octanol–water partition coefficient (Wildman–Crippen LogP) is 5.30. The lowest BCUT2D eigenvalue weighted by atomic mass is 10.1. The van der Waals surface area contributed by atoms with Crippen molar-refractivity contribution in [2.45, 2.75) is 20.0 Å². The average Bonchev–Trinajstić information content (AvgIpc) is 3.17. The molecule has 1 amide bonds. The van der Waals surface area contributed by atoms with Crippen LogP contribution >= 0.6 is 11.8 Å². The van der Waals surface area contributed by atoms with Crippen molar-refractivity contribution in [2.24, 2.45) is 4.99 Å². The zero-order chi connectivity index (χ0) is 24.5. The van der Waals surface area contributed by atoms with E-state index >= 15 is 0 Å². The van der Waals surface area contributed by atoms with Crippen LogP contribution in [0.15, 0.2) is 94.8 Å². The molecule has 0 radical (unpaired) electrons. The van der Waals surface area contributed by atoms with E-state index in [2.05, 4.69) is 0 Å². The minimum Gasteiger partial charge on any atom is -0.481 e. The Balaban J connectivity index is 1.60. The monoisotopic (exact) mass is 486 g/mol. The number of amides is 1. The highest BCUT2D eigenvalue weighted by molar-refractivity contribution is 8.18. The van der Waals surface area contributed by atoms with Gasteiger partial charge in [-0.3, -0.25) is 14.7 Å². The molecule has 0 aliphatic carbocycles. The molecule has 6 nitrogen and oxygen atoms in total. The van der Waals surface area contributed by atoms with Gasteiger partial charge in [-0.15, -0.1) is 0 Å². The number of rotatable bonds is 9. The van der Waals surface area contributed by atoms with Crippen LogP contribution < -0.4 is 4.74 Å². The van der Waals surface area contributed by atoms with Crippen LogP contribution in [0.3, 0.4) is 0 Å². The van der Waals surface area contributed by atoms with Crippen molar-refractivity contribution in [3.05, 3.63) is 107 Å². The van der Waals surface area contributed by atoms with Crippen LogP contribution in [-0.2, 0) is 27.4 Å². The number of hydrogen-bond donors (Lipinski definition) is 0. The van der Waals surface area contributed by atoms with Gasteiger partial charge in [0.05, 0.1) is 24.6 Å². The Morgan fingerprint density at radius 3 is 2.31 bits per heavy atom. The second-order valence-corrected chi connectivity index (χ2v) is 8.71. The zero-order valence-corrected chi connectivity index (χ0v) is 20.2. The maximum absolute atomic E-state index is 13.4. The number of para-hydroxylation sites is 1. The lowest BCUT2D eigenvalue weighted by molar-refractivity contribution is -0.145. The number of aliphatic imine (C=N–C) groups is 1. The summed E-state index contributed by atoms with van der Waals surface area (Å²) in [5, 5.41) is 0.652. The molecule has 0 spiro atoms. The van der Waals surface area contributed by atoms with Crippen LogP contribution in [0.25, 0.3) is 6.08 Å². The number of thioether (sulfide) groups is 1. The normalized spacial score (nSPS) is 15.6. The summed E-state index contributed by atoms with van der Waals surface area (Å²) < 4.78 is 10.6. The van der Waals surface area contributed by atoms with Crippen LogP contribution in [-0.4, -0.2) is 35.2 Å². The molecular weight excluding hydrogens is 460 g/mol. The number of nitrogens with zero attached hydrogens (tertiary/aromatic N) is 2. The summed E-state index contributed by atoms with van der Waals surface area (Å²) >= 11 is 1.34. The van der Waals surface area contributed by atoms with Gasteiger partial charge in [-0.2, -0.15) is 0 Å². The van der Waals surface area contributed by atoms with E-state index in [4.69, 9.17) is 14.5 Å². The number of amidine groups is 1. The molecule has 178 valence electrons. The summed E-state index contributed by atoms with van der Waals surface area (Å²) in [6.45, 7) is 2.75. The minimum atomic E-state index is -0.439. The Kier molecular flexibility index (Phi) is 8.35. The number of hydrogen-bond acceptors (Lipinski definition) is 6. The van der Waals surface area contributed by atoms with Crippen LogP contribution in [0.4, 0.5) is 0 Å². The fourth-order valence-corrected chi connectivity index (χ4v) is 4.45. The highest BCUT2D eigenvalue weighted by atomic mass is 32.2. The Morgan fingerprint density at radius 1 is 0.943 bits per heavy atom. The molecule has 1 aliphatic rings. The number of carbonyl (C=O) groups is 2. The molecule has 35 heavy (non-hydrogen) atoms. The van der Waals surface area contributed by atoms with Gasteiger partial charge in [-0.1, -0.05) is 78.9 Å². The molecule has 1 saturated heterocycles. The van der Waals surface area contributed by atoms with Gasteiger partial charge in [0.25, 0.3) is 5.91 Å². The summed E-state index contributed by atoms with van der Waals surface area (Å²) in [4.78, 5) is 32.2. The molecule has 0 bridgehead atoms. The quantitative estimate of drug-likeness (QED) is 0.303. The lowest BCUT2D eigenvalue weighted by Crippen LogP contribution is -2.28. The molecule has 3 aromatic carbocycles. The van der Waals surface area contributed by atoms with Gasteiger partial charge in [0.2, 0.25) is 0 Å². The first-order valence-electron chi connectivity index (χ1n) is 11.3. The number of benzene rings is 3. The number of esters is 1. The summed E-state index contributed by atoms with van der Waals surface area (Å²) in [6.07, 6.45) is 1.79. The lowest BCUT2D eigenvalue weighted by Gasteiger charge is -2.15. The second-order valence-electron chi connectivity index (χ2n) is 7.70. The smallest absolute Gasteiger partial charge is 0.344 e. The van der Waals surface area contributed by atoms with Crippen LogP contribution in [0.2, 0.25) is 0 Å². The van der Waals surface area contributed by atoms with Crippen molar-refractivity contribution >= 4 is 34.9 Å². The zero-order valence-electron chi connectivity index (χ0n) is 19.4. The maximum Gasteiger partial charge on any atom is 0.344 e. The molecule has 4 rings (SSSR count). The fraction of sp³-hybridized carbons (Fsp3) is 0.179. The average molecular weight is 487 g/mol. The first-order valence-corrected chi connectivity index (χ1v) is 12.2.